The Morgan fingerprint density at radius 3 is 2.79 bits per heavy atom. The van der Waals surface area contributed by atoms with Crippen molar-refractivity contribution in [2.24, 2.45) is 4.99 Å². The average Bonchev–Trinajstić information content (AvgIpc) is 3.33. The fourth-order valence-electron chi connectivity index (χ4n) is 1.85. The van der Waals surface area contributed by atoms with Gasteiger partial charge in [0.2, 0.25) is 0 Å². The van der Waals surface area contributed by atoms with E-state index in [1.54, 1.807) is 6.92 Å². The van der Waals surface area contributed by atoms with Crippen molar-refractivity contribution in [1.82, 2.24) is 0 Å². The van der Waals surface area contributed by atoms with Crippen LogP contribution in [0.5, 0.6) is 0 Å². The zero-order chi connectivity index (χ0) is 17.9. The number of carbonyl (C=O) groups is 1. The van der Waals surface area contributed by atoms with Crippen LogP contribution in [0.3, 0.4) is 0 Å². The summed E-state index contributed by atoms with van der Waals surface area (Å²) in [6, 6.07) is 1.50. The molecular weight excluding hydrogens is 343 g/mol. The van der Waals surface area contributed by atoms with Crippen molar-refractivity contribution in [1.29, 1.82) is 0 Å². The number of nitro groups is 1. The maximum absolute atomic E-state index is 13.7. The molecular formula is C15H14ClFN2O5. The Morgan fingerprint density at radius 2 is 2.25 bits per heavy atom. The van der Waals surface area contributed by atoms with Crippen LogP contribution in [0.4, 0.5) is 10.1 Å². The maximum Gasteiger partial charge on any atom is 0.343 e. The van der Waals surface area contributed by atoms with Gasteiger partial charge in [-0.05, 0) is 25.8 Å². The molecule has 1 aromatic rings. The molecule has 24 heavy (non-hydrogen) atoms. The standard InChI is InChI=1S/C15H14ClFN2O5/c1-2-24-15(21)10(7-18-8-3-4-8)14(20)9-5-12(17)11(16)6-13(9)19(22)23/h5-8,20H,2-4H2,1H3. The lowest BCUT2D eigenvalue weighted by molar-refractivity contribution is -0.385. The lowest BCUT2D eigenvalue weighted by atomic mass is 10.1. The third-order valence-corrected chi connectivity index (χ3v) is 3.49. The van der Waals surface area contributed by atoms with Gasteiger partial charge < -0.3 is 9.84 Å². The smallest absolute Gasteiger partial charge is 0.343 e. The monoisotopic (exact) mass is 356 g/mol. The van der Waals surface area contributed by atoms with Gasteiger partial charge in [-0.25, -0.2) is 9.18 Å². The number of benzene rings is 1. The first-order valence-electron chi connectivity index (χ1n) is 7.12. The number of carbonyl (C=O) groups excluding carboxylic acids is 1. The van der Waals surface area contributed by atoms with E-state index in [0.717, 1.165) is 25.1 Å². The highest BCUT2D eigenvalue weighted by Crippen LogP contribution is 2.32. The molecule has 1 aliphatic rings. The molecule has 1 N–H and O–H groups in total. The fourth-order valence-corrected chi connectivity index (χ4v) is 2.00. The third kappa shape index (κ3) is 4.08. The van der Waals surface area contributed by atoms with Crippen LogP contribution >= 0.6 is 11.6 Å². The number of hydrogen-bond acceptors (Lipinski definition) is 6. The van der Waals surface area contributed by atoms with Crippen molar-refractivity contribution in [2.45, 2.75) is 25.8 Å². The van der Waals surface area contributed by atoms with Crippen LogP contribution in [-0.2, 0) is 9.53 Å². The molecule has 0 unspecified atom stereocenters. The summed E-state index contributed by atoms with van der Waals surface area (Å²) in [7, 11) is 0. The van der Waals surface area contributed by atoms with Crippen LogP contribution in [0.15, 0.2) is 22.7 Å². The van der Waals surface area contributed by atoms with Crippen molar-refractivity contribution in [3.63, 3.8) is 0 Å². The minimum absolute atomic E-state index is 0.0317. The van der Waals surface area contributed by atoms with E-state index in [9.17, 15) is 24.4 Å². The van der Waals surface area contributed by atoms with Gasteiger partial charge in [0.05, 0.1) is 28.2 Å². The highest BCUT2D eigenvalue weighted by molar-refractivity contribution is 6.31. The van der Waals surface area contributed by atoms with E-state index >= 15 is 0 Å². The summed E-state index contributed by atoms with van der Waals surface area (Å²) in [5.41, 5.74) is -1.50. The van der Waals surface area contributed by atoms with Gasteiger partial charge in [-0.2, -0.15) is 0 Å². The van der Waals surface area contributed by atoms with Crippen LogP contribution in [0.2, 0.25) is 5.02 Å². The molecule has 2 rings (SSSR count). The van der Waals surface area contributed by atoms with Crippen LogP contribution < -0.4 is 0 Å². The molecule has 0 heterocycles. The van der Waals surface area contributed by atoms with Crippen molar-refractivity contribution < 1.29 is 24.0 Å². The summed E-state index contributed by atoms with van der Waals surface area (Å²) in [6.45, 7) is 1.60. The maximum atomic E-state index is 13.7. The number of ether oxygens (including phenoxy) is 1. The molecule has 9 heteroatoms. The second-order valence-electron chi connectivity index (χ2n) is 5.03. The Balaban J connectivity index is 2.58. The van der Waals surface area contributed by atoms with Crippen molar-refractivity contribution in [2.75, 3.05) is 6.61 Å². The highest BCUT2D eigenvalue weighted by atomic mass is 35.5. The quantitative estimate of drug-likeness (QED) is 0.210. The Bertz CT molecular complexity index is 744. The van der Waals surface area contributed by atoms with Gasteiger partial charge in [0.15, 0.2) is 0 Å². The second kappa shape index (κ2) is 7.39. The molecule has 0 aliphatic heterocycles. The number of aliphatic hydroxyl groups is 1. The SMILES string of the molecule is CCOC(=O)C(C=NC1CC1)=C(O)c1cc(F)c(Cl)cc1[N+](=O)[O-]. The van der Waals surface area contributed by atoms with Gasteiger partial charge >= 0.3 is 5.97 Å². The molecule has 0 amide bonds. The minimum atomic E-state index is -0.967. The third-order valence-electron chi connectivity index (χ3n) is 3.20. The molecule has 7 nitrogen and oxygen atoms in total. The lowest BCUT2D eigenvalue weighted by Crippen LogP contribution is -2.12. The highest BCUT2D eigenvalue weighted by Gasteiger charge is 2.26. The van der Waals surface area contributed by atoms with Gasteiger partial charge in [0.25, 0.3) is 5.69 Å². The molecule has 0 radical (unpaired) electrons. The predicted octanol–water partition coefficient (Wildman–Crippen LogP) is 3.45. The first-order valence-corrected chi connectivity index (χ1v) is 7.50. The van der Waals surface area contributed by atoms with Crippen LogP contribution in [-0.4, -0.2) is 34.9 Å². The molecule has 1 aromatic carbocycles. The van der Waals surface area contributed by atoms with Gasteiger partial charge in [-0.1, -0.05) is 11.6 Å². The summed E-state index contributed by atoms with van der Waals surface area (Å²) < 4.78 is 18.5. The van der Waals surface area contributed by atoms with Crippen molar-refractivity contribution in [3.8, 4) is 0 Å². The number of hydrogen-bond donors (Lipinski definition) is 1. The van der Waals surface area contributed by atoms with Gasteiger partial charge in [-0.3, -0.25) is 15.1 Å². The summed E-state index contributed by atoms with van der Waals surface area (Å²) in [5.74, 6) is -2.67. The summed E-state index contributed by atoms with van der Waals surface area (Å²) in [5, 5.41) is 21.0. The summed E-state index contributed by atoms with van der Waals surface area (Å²) in [6.07, 6.45) is 2.80. The van der Waals surface area contributed by atoms with E-state index in [0.29, 0.717) is 6.07 Å². The number of halogens is 2. The average molecular weight is 357 g/mol. The van der Waals surface area contributed by atoms with Crippen molar-refractivity contribution >= 4 is 35.2 Å². The largest absolute Gasteiger partial charge is 0.506 e. The predicted molar refractivity (Wildman–Crippen MR) is 85.8 cm³/mol. The van der Waals surface area contributed by atoms with E-state index in [4.69, 9.17) is 16.3 Å². The van der Waals surface area contributed by atoms with Crippen LogP contribution in [0, 0.1) is 15.9 Å². The van der Waals surface area contributed by atoms with Crippen LogP contribution in [0.1, 0.15) is 25.3 Å². The zero-order valence-electron chi connectivity index (χ0n) is 12.7. The second-order valence-corrected chi connectivity index (χ2v) is 5.44. The molecule has 1 saturated carbocycles. The topological polar surface area (TPSA) is 102 Å². The van der Waals surface area contributed by atoms with Crippen molar-refractivity contribution in [3.05, 3.63) is 44.2 Å². The lowest BCUT2D eigenvalue weighted by Gasteiger charge is -2.08. The molecule has 1 fully saturated rings. The molecule has 0 spiro atoms. The number of nitrogens with zero attached hydrogens (tertiary/aromatic N) is 2. The van der Waals surface area contributed by atoms with E-state index in [1.807, 2.05) is 0 Å². The van der Waals surface area contributed by atoms with Gasteiger partial charge in [-0.15, -0.1) is 0 Å². The first-order chi connectivity index (χ1) is 11.3. The fraction of sp³-hybridized carbons (Fsp3) is 0.333. The summed E-state index contributed by atoms with van der Waals surface area (Å²) in [4.78, 5) is 26.4. The van der Waals surface area contributed by atoms with E-state index in [2.05, 4.69) is 4.99 Å². The molecule has 0 atom stereocenters. The Kier molecular flexibility index (Phi) is 5.50. The Hall–Kier alpha value is -2.48. The molecule has 1 aliphatic carbocycles. The number of rotatable bonds is 6. The molecule has 128 valence electrons. The van der Waals surface area contributed by atoms with E-state index < -0.39 is 38.7 Å². The molecule has 0 saturated heterocycles. The van der Waals surface area contributed by atoms with Gasteiger partial charge in [0.1, 0.15) is 17.1 Å². The van der Waals surface area contributed by atoms with Gasteiger partial charge in [0, 0.05) is 12.3 Å². The molecule has 0 bridgehead atoms. The molecule has 0 aromatic heterocycles. The Labute approximate surface area is 141 Å². The minimum Gasteiger partial charge on any atom is -0.506 e. The number of nitro benzene ring substituents is 1. The van der Waals surface area contributed by atoms with E-state index in [1.165, 1.54) is 0 Å². The van der Waals surface area contributed by atoms with E-state index in [-0.39, 0.29) is 18.2 Å². The summed E-state index contributed by atoms with van der Waals surface area (Å²) >= 11 is 5.54. The normalized spacial score (nSPS) is 15.3. The van der Waals surface area contributed by atoms with Crippen LogP contribution in [0.25, 0.3) is 5.76 Å². The number of aliphatic imine (C=N–C) groups is 1. The number of aliphatic hydroxyl groups excluding tert-OH is 1. The Morgan fingerprint density at radius 1 is 1.58 bits per heavy atom. The number of esters is 1. The first kappa shape index (κ1) is 17.9. The zero-order valence-corrected chi connectivity index (χ0v) is 13.4.